The Morgan fingerprint density at radius 2 is 1.76 bits per heavy atom. The summed E-state index contributed by atoms with van der Waals surface area (Å²) in [6.45, 7) is 1.94. The van der Waals surface area contributed by atoms with Gasteiger partial charge in [-0.3, -0.25) is 9.97 Å². The molecule has 1 N–H and O–H groups in total. The molecule has 2 aromatic carbocycles. The second-order valence-corrected chi connectivity index (χ2v) is 8.18. The molecule has 0 bridgehead atoms. The van der Waals surface area contributed by atoms with Crippen LogP contribution < -0.4 is 0 Å². The summed E-state index contributed by atoms with van der Waals surface area (Å²) in [7, 11) is 0. The van der Waals surface area contributed by atoms with E-state index in [0.717, 1.165) is 27.8 Å². The van der Waals surface area contributed by atoms with Crippen LogP contribution in [0.5, 0.6) is 5.75 Å². The van der Waals surface area contributed by atoms with E-state index in [1.165, 1.54) is 0 Å². The molecule has 0 saturated carbocycles. The molecule has 0 spiro atoms. The van der Waals surface area contributed by atoms with Gasteiger partial charge in [-0.1, -0.05) is 53.0 Å². The Hall–Kier alpha value is -2.33. The highest BCUT2D eigenvalue weighted by Crippen LogP contribution is 2.40. The van der Waals surface area contributed by atoms with Gasteiger partial charge in [0, 0.05) is 51.4 Å². The minimum atomic E-state index is -0.263. The van der Waals surface area contributed by atoms with Crippen LogP contribution >= 0.6 is 34.8 Å². The average Bonchev–Trinajstić information content (AvgIpc) is 2.72. The number of phenolic OH excluding ortho intramolecular Hbond substituents is 1. The van der Waals surface area contributed by atoms with Gasteiger partial charge in [0.15, 0.2) is 0 Å². The highest BCUT2D eigenvalue weighted by Gasteiger charge is 2.23. The molecular formula is C23H17Cl3N2O. The lowest BCUT2D eigenvalue weighted by atomic mass is 9.86. The molecular weight excluding hydrogens is 427 g/mol. The smallest absolute Gasteiger partial charge is 0.145 e. The van der Waals surface area contributed by atoms with Crippen LogP contribution in [0.2, 0.25) is 15.1 Å². The lowest BCUT2D eigenvalue weighted by molar-refractivity contribution is 0.469. The third kappa shape index (κ3) is 4.04. The quantitative estimate of drug-likeness (QED) is 0.370. The molecule has 2 heterocycles. The highest BCUT2D eigenvalue weighted by molar-refractivity contribution is 6.33. The maximum Gasteiger partial charge on any atom is 0.145 e. The molecule has 0 radical (unpaired) electrons. The summed E-state index contributed by atoms with van der Waals surface area (Å²) in [6, 6.07) is 14.9. The number of rotatable bonds is 4. The number of pyridine rings is 2. The standard InChI is InChI=1S/C23H17Cl3N2O/c1-13-9-16(28-12-21(13)26)11-18(19-10-15(24)5-7-20(19)25)17-6-4-14-3-2-8-27-22(14)23(17)29/h2-10,12,18,29H,11H2,1H3. The Morgan fingerprint density at radius 1 is 0.931 bits per heavy atom. The Bertz CT molecular complexity index is 1210. The third-order valence-corrected chi connectivity index (χ3v) is 5.98. The van der Waals surface area contributed by atoms with Crippen LogP contribution in [0.15, 0.2) is 60.9 Å². The zero-order chi connectivity index (χ0) is 20.5. The Labute approximate surface area is 183 Å². The maximum atomic E-state index is 11.0. The molecule has 4 rings (SSSR count). The van der Waals surface area contributed by atoms with E-state index in [0.29, 0.717) is 27.0 Å². The fourth-order valence-electron chi connectivity index (χ4n) is 3.51. The lowest BCUT2D eigenvalue weighted by Crippen LogP contribution is -2.08. The van der Waals surface area contributed by atoms with Crippen LogP contribution in [0.1, 0.15) is 28.3 Å². The Kier molecular flexibility index (Phi) is 5.64. The number of fused-ring (bicyclic) bond motifs is 1. The van der Waals surface area contributed by atoms with Crippen LogP contribution in [0, 0.1) is 6.92 Å². The van der Waals surface area contributed by atoms with Crippen LogP contribution in [-0.2, 0) is 6.42 Å². The van der Waals surface area contributed by atoms with Gasteiger partial charge in [-0.15, -0.1) is 0 Å². The highest BCUT2D eigenvalue weighted by atomic mass is 35.5. The molecule has 0 aliphatic rings. The van der Waals surface area contributed by atoms with Crippen molar-refractivity contribution >= 4 is 45.7 Å². The molecule has 1 atom stereocenters. The fourth-order valence-corrected chi connectivity index (χ4v) is 4.05. The SMILES string of the molecule is Cc1cc(CC(c2cc(Cl)ccc2Cl)c2ccc3cccnc3c2O)ncc1Cl. The molecule has 2 aromatic heterocycles. The predicted octanol–water partition coefficient (Wildman–Crippen LogP) is 6.98. The zero-order valence-corrected chi connectivity index (χ0v) is 17.8. The van der Waals surface area contributed by atoms with Crippen molar-refractivity contribution in [3.05, 3.63) is 98.4 Å². The monoisotopic (exact) mass is 442 g/mol. The molecule has 146 valence electrons. The van der Waals surface area contributed by atoms with Gasteiger partial charge in [0.2, 0.25) is 0 Å². The number of benzene rings is 2. The Balaban J connectivity index is 1.89. The van der Waals surface area contributed by atoms with Crippen molar-refractivity contribution in [2.45, 2.75) is 19.3 Å². The van der Waals surface area contributed by atoms with Crippen molar-refractivity contribution in [3.63, 3.8) is 0 Å². The van der Waals surface area contributed by atoms with Crippen LogP contribution in [0.4, 0.5) is 0 Å². The maximum absolute atomic E-state index is 11.0. The van der Waals surface area contributed by atoms with Gasteiger partial charge in [0.05, 0.1) is 5.02 Å². The number of hydrogen-bond donors (Lipinski definition) is 1. The van der Waals surface area contributed by atoms with Crippen molar-refractivity contribution < 1.29 is 5.11 Å². The normalized spacial score (nSPS) is 12.3. The van der Waals surface area contributed by atoms with E-state index in [1.807, 2.05) is 43.3 Å². The van der Waals surface area contributed by atoms with Gasteiger partial charge in [-0.05, 0) is 48.4 Å². The fraction of sp³-hybridized carbons (Fsp3) is 0.130. The first-order chi connectivity index (χ1) is 13.9. The van der Waals surface area contributed by atoms with E-state index in [2.05, 4.69) is 9.97 Å². The van der Waals surface area contributed by atoms with E-state index < -0.39 is 0 Å². The van der Waals surface area contributed by atoms with Crippen LogP contribution in [0.3, 0.4) is 0 Å². The molecule has 0 amide bonds. The van der Waals surface area contributed by atoms with Crippen LogP contribution in [-0.4, -0.2) is 15.1 Å². The number of halogens is 3. The van der Waals surface area contributed by atoms with Crippen molar-refractivity contribution in [3.8, 4) is 5.75 Å². The first-order valence-electron chi connectivity index (χ1n) is 9.06. The van der Waals surface area contributed by atoms with E-state index in [-0.39, 0.29) is 11.7 Å². The second kappa shape index (κ2) is 8.19. The summed E-state index contributed by atoms with van der Waals surface area (Å²) in [6.07, 6.45) is 3.83. The van der Waals surface area contributed by atoms with Gasteiger partial charge in [0.1, 0.15) is 11.3 Å². The first-order valence-corrected chi connectivity index (χ1v) is 10.2. The summed E-state index contributed by atoms with van der Waals surface area (Å²) in [4.78, 5) is 8.82. The van der Waals surface area contributed by atoms with E-state index >= 15 is 0 Å². The van der Waals surface area contributed by atoms with Gasteiger partial charge in [-0.2, -0.15) is 0 Å². The van der Waals surface area contributed by atoms with Gasteiger partial charge >= 0.3 is 0 Å². The van der Waals surface area contributed by atoms with Gasteiger partial charge in [0.25, 0.3) is 0 Å². The number of hydrogen-bond acceptors (Lipinski definition) is 3. The molecule has 3 nitrogen and oxygen atoms in total. The van der Waals surface area contributed by atoms with E-state index in [4.69, 9.17) is 34.8 Å². The lowest BCUT2D eigenvalue weighted by Gasteiger charge is -2.21. The van der Waals surface area contributed by atoms with E-state index in [9.17, 15) is 5.11 Å². The summed E-state index contributed by atoms with van der Waals surface area (Å²) >= 11 is 18.9. The number of aromatic hydroxyl groups is 1. The predicted molar refractivity (Wildman–Crippen MR) is 119 cm³/mol. The molecule has 0 saturated heterocycles. The number of aromatic nitrogens is 2. The number of aryl methyl sites for hydroxylation is 1. The minimum absolute atomic E-state index is 0.134. The van der Waals surface area contributed by atoms with E-state index in [1.54, 1.807) is 24.5 Å². The molecule has 0 fully saturated rings. The van der Waals surface area contributed by atoms with Crippen molar-refractivity contribution in [2.75, 3.05) is 0 Å². The third-order valence-electron chi connectivity index (χ3n) is 5.00. The summed E-state index contributed by atoms with van der Waals surface area (Å²) in [5.74, 6) is -0.129. The molecule has 4 aromatic rings. The topological polar surface area (TPSA) is 46.0 Å². The number of nitrogens with zero attached hydrogens (tertiary/aromatic N) is 2. The number of phenols is 1. The van der Waals surface area contributed by atoms with Crippen LogP contribution in [0.25, 0.3) is 10.9 Å². The van der Waals surface area contributed by atoms with Gasteiger partial charge < -0.3 is 5.11 Å². The molecule has 0 aliphatic carbocycles. The Morgan fingerprint density at radius 3 is 2.55 bits per heavy atom. The average molecular weight is 444 g/mol. The largest absolute Gasteiger partial charge is 0.505 e. The molecule has 1 unspecified atom stereocenters. The zero-order valence-electron chi connectivity index (χ0n) is 15.5. The summed E-state index contributed by atoms with van der Waals surface area (Å²) in [5.41, 5.74) is 3.87. The van der Waals surface area contributed by atoms with Gasteiger partial charge in [-0.25, -0.2) is 0 Å². The minimum Gasteiger partial charge on any atom is -0.505 e. The first kappa shape index (κ1) is 20.0. The molecule has 6 heteroatoms. The van der Waals surface area contributed by atoms with Crippen molar-refractivity contribution in [2.24, 2.45) is 0 Å². The van der Waals surface area contributed by atoms with Crippen molar-refractivity contribution in [1.82, 2.24) is 9.97 Å². The second-order valence-electron chi connectivity index (χ2n) is 6.93. The van der Waals surface area contributed by atoms with Crippen molar-refractivity contribution in [1.29, 1.82) is 0 Å². The summed E-state index contributed by atoms with van der Waals surface area (Å²) < 4.78 is 0. The molecule has 29 heavy (non-hydrogen) atoms. The molecule has 0 aliphatic heterocycles. The summed E-state index contributed by atoms with van der Waals surface area (Å²) in [5, 5.41) is 13.7.